The summed E-state index contributed by atoms with van der Waals surface area (Å²) < 4.78 is 14.7. The molecule has 1 saturated heterocycles. The molecule has 1 fully saturated rings. The highest BCUT2D eigenvalue weighted by molar-refractivity contribution is 9.10. The van der Waals surface area contributed by atoms with Crippen molar-refractivity contribution in [3.63, 3.8) is 0 Å². The standard InChI is InChI=1S/C19H18BrCl2FN2O/c20-15-5-4-13(10-17(15)22)24-19(26)12-6-8-25(9-7-12)11-14-16(21)2-1-3-18(14)23/h1-5,10,12H,6-9,11H2,(H,24,26). The van der Waals surface area contributed by atoms with E-state index in [1.165, 1.54) is 6.07 Å². The largest absolute Gasteiger partial charge is 0.326 e. The Morgan fingerprint density at radius 2 is 1.92 bits per heavy atom. The Balaban J connectivity index is 1.54. The molecule has 2 aromatic rings. The van der Waals surface area contributed by atoms with E-state index in [4.69, 9.17) is 23.2 Å². The van der Waals surface area contributed by atoms with Gasteiger partial charge in [-0.05, 0) is 72.2 Å². The number of likely N-dealkylation sites (tertiary alicyclic amines) is 1. The fraction of sp³-hybridized carbons (Fsp3) is 0.316. The minimum absolute atomic E-state index is 0.00744. The van der Waals surface area contributed by atoms with Crippen LogP contribution in [0.25, 0.3) is 0 Å². The lowest BCUT2D eigenvalue weighted by Gasteiger charge is -2.31. The summed E-state index contributed by atoms with van der Waals surface area (Å²) in [4.78, 5) is 14.6. The van der Waals surface area contributed by atoms with E-state index >= 15 is 0 Å². The lowest BCUT2D eigenvalue weighted by molar-refractivity contribution is -0.121. The van der Waals surface area contributed by atoms with Crippen molar-refractivity contribution in [3.8, 4) is 0 Å². The summed E-state index contributed by atoms with van der Waals surface area (Å²) in [5, 5.41) is 3.92. The molecule has 0 aromatic heterocycles. The number of rotatable bonds is 4. The molecular formula is C19H18BrCl2FN2O. The number of carbonyl (C=O) groups is 1. The van der Waals surface area contributed by atoms with Crippen molar-refractivity contribution in [3.05, 3.63) is 62.3 Å². The van der Waals surface area contributed by atoms with Gasteiger partial charge >= 0.3 is 0 Å². The number of nitrogens with one attached hydrogen (secondary N) is 1. The highest BCUT2D eigenvalue weighted by atomic mass is 79.9. The second-order valence-electron chi connectivity index (χ2n) is 6.37. The molecule has 0 aliphatic carbocycles. The number of carbonyl (C=O) groups excluding carboxylic acids is 1. The van der Waals surface area contributed by atoms with Gasteiger partial charge in [0.25, 0.3) is 0 Å². The van der Waals surface area contributed by atoms with E-state index in [0.29, 0.717) is 27.8 Å². The maximum atomic E-state index is 13.9. The molecule has 26 heavy (non-hydrogen) atoms. The molecular weight excluding hydrogens is 442 g/mol. The van der Waals surface area contributed by atoms with Crippen LogP contribution in [0.3, 0.4) is 0 Å². The quantitative estimate of drug-likeness (QED) is 0.631. The van der Waals surface area contributed by atoms with Crippen molar-refractivity contribution < 1.29 is 9.18 Å². The molecule has 1 aliphatic heterocycles. The lowest BCUT2D eigenvalue weighted by atomic mass is 9.95. The van der Waals surface area contributed by atoms with Crippen molar-refractivity contribution >= 4 is 50.7 Å². The zero-order valence-corrected chi connectivity index (χ0v) is 17.0. The summed E-state index contributed by atoms with van der Waals surface area (Å²) in [5.74, 6) is -0.360. The predicted octanol–water partition coefficient (Wildman–Crippen LogP) is 5.75. The minimum Gasteiger partial charge on any atom is -0.326 e. The lowest BCUT2D eigenvalue weighted by Crippen LogP contribution is -2.38. The van der Waals surface area contributed by atoms with Crippen LogP contribution in [0.4, 0.5) is 10.1 Å². The summed E-state index contributed by atoms with van der Waals surface area (Å²) in [6, 6.07) is 10.1. The number of nitrogens with zero attached hydrogens (tertiary/aromatic N) is 1. The van der Waals surface area contributed by atoms with Crippen LogP contribution in [0.2, 0.25) is 10.0 Å². The first kappa shape index (κ1) is 19.6. The second kappa shape index (κ2) is 8.70. The SMILES string of the molecule is O=C(Nc1ccc(Br)c(Cl)c1)C1CCN(Cc2c(F)cccc2Cl)CC1. The number of amides is 1. The van der Waals surface area contributed by atoms with Crippen LogP contribution < -0.4 is 5.32 Å². The summed E-state index contributed by atoms with van der Waals surface area (Å²) >= 11 is 15.5. The van der Waals surface area contributed by atoms with E-state index in [1.807, 2.05) is 6.07 Å². The monoisotopic (exact) mass is 458 g/mol. The summed E-state index contributed by atoms with van der Waals surface area (Å²) in [6.45, 7) is 1.91. The van der Waals surface area contributed by atoms with Crippen LogP contribution >= 0.6 is 39.1 Å². The van der Waals surface area contributed by atoms with Crippen LogP contribution in [0.15, 0.2) is 40.9 Å². The van der Waals surface area contributed by atoms with Crippen molar-refractivity contribution in [1.29, 1.82) is 0 Å². The molecule has 0 radical (unpaired) electrons. The molecule has 0 saturated carbocycles. The number of anilines is 1. The first-order valence-corrected chi connectivity index (χ1v) is 9.90. The predicted molar refractivity (Wildman–Crippen MR) is 107 cm³/mol. The number of benzene rings is 2. The zero-order chi connectivity index (χ0) is 18.7. The molecule has 1 N–H and O–H groups in total. The van der Waals surface area contributed by atoms with Gasteiger partial charge in [-0.1, -0.05) is 29.3 Å². The number of hydrogen-bond donors (Lipinski definition) is 1. The van der Waals surface area contributed by atoms with E-state index in [-0.39, 0.29) is 17.6 Å². The molecule has 7 heteroatoms. The Kier molecular flexibility index (Phi) is 6.56. The van der Waals surface area contributed by atoms with Gasteiger partial charge in [-0.15, -0.1) is 0 Å². The van der Waals surface area contributed by atoms with Gasteiger partial charge in [-0.2, -0.15) is 0 Å². The molecule has 2 aromatic carbocycles. The molecule has 1 heterocycles. The Bertz CT molecular complexity index is 790. The Morgan fingerprint density at radius 1 is 1.19 bits per heavy atom. The van der Waals surface area contributed by atoms with Crippen LogP contribution in [-0.4, -0.2) is 23.9 Å². The van der Waals surface area contributed by atoms with Gasteiger partial charge in [0, 0.05) is 33.2 Å². The van der Waals surface area contributed by atoms with Crippen LogP contribution in [-0.2, 0) is 11.3 Å². The molecule has 1 amide bonds. The average Bonchev–Trinajstić information content (AvgIpc) is 2.62. The Morgan fingerprint density at radius 3 is 2.58 bits per heavy atom. The first-order chi connectivity index (χ1) is 12.4. The third-order valence-electron chi connectivity index (χ3n) is 4.59. The van der Waals surface area contributed by atoms with Crippen LogP contribution in [0.1, 0.15) is 18.4 Å². The average molecular weight is 460 g/mol. The normalized spacial score (nSPS) is 15.8. The molecule has 0 spiro atoms. The van der Waals surface area contributed by atoms with Gasteiger partial charge in [0.1, 0.15) is 5.82 Å². The van der Waals surface area contributed by atoms with E-state index in [2.05, 4.69) is 26.1 Å². The molecule has 0 bridgehead atoms. The van der Waals surface area contributed by atoms with Gasteiger partial charge in [0.05, 0.1) is 5.02 Å². The van der Waals surface area contributed by atoms with Gasteiger partial charge < -0.3 is 5.32 Å². The highest BCUT2D eigenvalue weighted by Gasteiger charge is 2.26. The van der Waals surface area contributed by atoms with Gasteiger partial charge in [0.2, 0.25) is 5.91 Å². The fourth-order valence-corrected chi connectivity index (χ4v) is 3.73. The topological polar surface area (TPSA) is 32.3 Å². The second-order valence-corrected chi connectivity index (χ2v) is 8.04. The minimum atomic E-state index is -0.288. The maximum Gasteiger partial charge on any atom is 0.227 e. The molecule has 3 rings (SSSR count). The molecule has 3 nitrogen and oxygen atoms in total. The van der Waals surface area contributed by atoms with E-state index in [1.54, 1.807) is 24.3 Å². The fourth-order valence-electron chi connectivity index (χ4n) is 3.08. The summed E-state index contributed by atoms with van der Waals surface area (Å²) in [7, 11) is 0. The molecule has 0 atom stereocenters. The van der Waals surface area contributed by atoms with Gasteiger partial charge in [0.15, 0.2) is 0 Å². The molecule has 138 valence electrons. The maximum absolute atomic E-state index is 13.9. The number of hydrogen-bond acceptors (Lipinski definition) is 2. The zero-order valence-electron chi connectivity index (χ0n) is 13.9. The van der Waals surface area contributed by atoms with E-state index in [9.17, 15) is 9.18 Å². The Labute approximate surface area is 170 Å². The van der Waals surface area contributed by atoms with E-state index < -0.39 is 0 Å². The first-order valence-electron chi connectivity index (χ1n) is 8.35. The third kappa shape index (κ3) is 4.77. The molecule has 1 aliphatic rings. The van der Waals surface area contributed by atoms with Gasteiger partial charge in [-0.3, -0.25) is 9.69 Å². The van der Waals surface area contributed by atoms with Crippen molar-refractivity contribution in [2.24, 2.45) is 5.92 Å². The summed E-state index contributed by atoms with van der Waals surface area (Å²) in [6.07, 6.45) is 1.45. The van der Waals surface area contributed by atoms with E-state index in [0.717, 1.165) is 30.4 Å². The van der Waals surface area contributed by atoms with Crippen molar-refractivity contribution in [2.45, 2.75) is 19.4 Å². The number of halogens is 4. The van der Waals surface area contributed by atoms with Crippen LogP contribution in [0, 0.1) is 11.7 Å². The highest BCUT2D eigenvalue weighted by Crippen LogP contribution is 2.27. The summed E-state index contributed by atoms with van der Waals surface area (Å²) in [5.41, 5.74) is 1.20. The smallest absolute Gasteiger partial charge is 0.227 e. The van der Waals surface area contributed by atoms with Crippen molar-refractivity contribution in [1.82, 2.24) is 4.90 Å². The van der Waals surface area contributed by atoms with Gasteiger partial charge in [-0.25, -0.2) is 4.39 Å². The molecule has 0 unspecified atom stereocenters. The Hall–Kier alpha value is -1.14. The number of piperidine rings is 1. The van der Waals surface area contributed by atoms with Crippen LogP contribution in [0.5, 0.6) is 0 Å². The third-order valence-corrected chi connectivity index (χ3v) is 6.18. The van der Waals surface area contributed by atoms with Crippen molar-refractivity contribution in [2.75, 3.05) is 18.4 Å².